The monoisotopic (exact) mass is 509 g/mol. The third-order valence-electron chi connectivity index (χ3n) is 5.58. The third kappa shape index (κ3) is 5.65. The molecule has 36 heavy (non-hydrogen) atoms. The predicted octanol–water partition coefficient (Wildman–Crippen LogP) is 3.75. The van der Waals surface area contributed by atoms with Gasteiger partial charge in [-0.25, -0.2) is 0 Å². The molecule has 1 unspecified atom stereocenters. The summed E-state index contributed by atoms with van der Waals surface area (Å²) in [6.45, 7) is 9.46. The van der Waals surface area contributed by atoms with Crippen molar-refractivity contribution in [2.24, 2.45) is 5.73 Å². The van der Waals surface area contributed by atoms with E-state index in [0.29, 0.717) is 17.0 Å². The molecule has 10 heteroatoms. The maximum atomic E-state index is 14.1. The molecule has 0 fully saturated rings. The van der Waals surface area contributed by atoms with Crippen molar-refractivity contribution in [3.8, 4) is 5.75 Å². The number of anilines is 2. The van der Waals surface area contributed by atoms with Crippen molar-refractivity contribution in [2.45, 2.75) is 46.2 Å². The van der Waals surface area contributed by atoms with Crippen LogP contribution in [0.25, 0.3) is 0 Å². The Balaban J connectivity index is 2.26. The Hall–Kier alpha value is -3.92. The van der Waals surface area contributed by atoms with E-state index >= 15 is 0 Å². The summed E-state index contributed by atoms with van der Waals surface area (Å²) >= 11 is 0.768. The van der Waals surface area contributed by atoms with Crippen LogP contribution in [0.15, 0.2) is 42.5 Å². The van der Waals surface area contributed by atoms with Crippen molar-refractivity contribution in [3.63, 3.8) is 0 Å². The van der Waals surface area contributed by atoms with Crippen molar-refractivity contribution in [2.75, 3.05) is 17.7 Å². The van der Waals surface area contributed by atoms with E-state index < -0.39 is 29.3 Å². The Morgan fingerprint density at radius 2 is 1.69 bits per heavy atom. The number of amides is 3. The Kier molecular flexibility index (Phi) is 7.68. The van der Waals surface area contributed by atoms with E-state index in [2.05, 4.69) is 9.69 Å². The van der Waals surface area contributed by atoms with E-state index in [1.54, 1.807) is 37.4 Å². The lowest BCUT2D eigenvalue weighted by molar-refractivity contribution is -0.123. The van der Waals surface area contributed by atoms with Crippen molar-refractivity contribution in [3.05, 3.63) is 69.7 Å². The van der Waals surface area contributed by atoms with Crippen LogP contribution in [-0.4, -0.2) is 34.7 Å². The van der Waals surface area contributed by atoms with Crippen LogP contribution in [0, 0.1) is 13.8 Å². The molecule has 0 aliphatic rings. The van der Waals surface area contributed by atoms with Crippen LogP contribution < -0.4 is 26.4 Å². The number of rotatable bonds is 7. The Morgan fingerprint density at radius 3 is 2.19 bits per heavy atom. The van der Waals surface area contributed by atoms with Gasteiger partial charge in [0.1, 0.15) is 16.7 Å². The molecule has 0 saturated heterocycles. The lowest BCUT2D eigenvalue weighted by atomic mass is 9.99. The topological polar surface area (TPSA) is 141 Å². The number of benzene rings is 2. The molecule has 1 heterocycles. The summed E-state index contributed by atoms with van der Waals surface area (Å²) in [7, 11) is 1.55. The second-order valence-electron chi connectivity index (χ2n) is 9.50. The molecule has 3 aromatic rings. The van der Waals surface area contributed by atoms with Gasteiger partial charge in [-0.1, -0.05) is 18.2 Å². The molecular weight excluding hydrogens is 478 g/mol. The number of ether oxygens (including phenoxy) is 1. The fourth-order valence-corrected chi connectivity index (χ4v) is 4.38. The number of nitrogens with two attached hydrogens (primary N) is 2. The van der Waals surface area contributed by atoms with E-state index in [1.807, 2.05) is 46.8 Å². The number of nitrogens with one attached hydrogen (secondary N) is 1. The maximum absolute atomic E-state index is 14.1. The highest BCUT2D eigenvalue weighted by molar-refractivity contribution is 7.09. The third-order valence-corrected chi connectivity index (χ3v) is 6.43. The van der Waals surface area contributed by atoms with Crippen LogP contribution in [0.1, 0.15) is 63.7 Å². The van der Waals surface area contributed by atoms with E-state index in [4.69, 9.17) is 16.2 Å². The Morgan fingerprint density at radius 1 is 1.06 bits per heavy atom. The SMILES string of the molecule is COc1ccc(C(C(=O)NC(C)(C)C)N(C(=O)c2snc(C(N)=O)c2N)c2ccc(C)c(C)c2)cc1. The molecule has 190 valence electrons. The molecule has 2 aromatic carbocycles. The molecule has 0 bridgehead atoms. The van der Waals surface area contributed by atoms with Gasteiger partial charge in [-0.3, -0.25) is 19.3 Å². The molecule has 9 nitrogen and oxygen atoms in total. The van der Waals surface area contributed by atoms with Crippen molar-refractivity contribution >= 4 is 40.6 Å². The lowest BCUT2D eigenvalue weighted by Crippen LogP contribution is -2.49. The van der Waals surface area contributed by atoms with E-state index in [-0.39, 0.29) is 16.3 Å². The van der Waals surface area contributed by atoms with Crippen LogP contribution in [0.4, 0.5) is 11.4 Å². The minimum absolute atomic E-state index is 0.0177. The van der Waals surface area contributed by atoms with Gasteiger partial charge < -0.3 is 21.5 Å². The molecule has 0 saturated carbocycles. The van der Waals surface area contributed by atoms with Gasteiger partial charge in [0, 0.05) is 11.2 Å². The molecule has 3 rings (SSSR count). The number of nitrogen functional groups attached to an aromatic ring is 1. The molecule has 0 radical (unpaired) electrons. The first-order valence-corrected chi connectivity index (χ1v) is 12.0. The molecular formula is C26H31N5O4S. The standard InChI is InChI=1S/C26H31N5O4S/c1-14-7-10-17(13-15(14)2)31(25(34)22-19(27)20(23(28)32)30-36-22)21(24(33)29-26(3,4)5)16-8-11-18(35-6)12-9-16/h7-13,21H,27H2,1-6H3,(H2,28,32)(H,29,33). The fraction of sp³-hybridized carbons (Fsp3) is 0.308. The Labute approximate surface area is 214 Å². The van der Waals surface area contributed by atoms with E-state index in [9.17, 15) is 14.4 Å². The van der Waals surface area contributed by atoms with Gasteiger partial charge in [-0.05, 0) is 87.1 Å². The average molecular weight is 510 g/mol. The smallest absolute Gasteiger partial charge is 0.273 e. The van der Waals surface area contributed by atoms with Crippen molar-refractivity contribution < 1.29 is 19.1 Å². The zero-order valence-corrected chi connectivity index (χ0v) is 22.0. The van der Waals surface area contributed by atoms with Crippen LogP contribution >= 0.6 is 11.5 Å². The van der Waals surface area contributed by atoms with Crippen molar-refractivity contribution in [1.82, 2.24) is 9.69 Å². The van der Waals surface area contributed by atoms with Crippen LogP contribution in [0.3, 0.4) is 0 Å². The van der Waals surface area contributed by atoms with E-state index in [0.717, 1.165) is 22.7 Å². The number of carbonyl (C=O) groups is 3. The van der Waals surface area contributed by atoms with Gasteiger partial charge in [-0.15, -0.1) is 0 Å². The molecule has 0 spiro atoms. The molecule has 1 atom stereocenters. The van der Waals surface area contributed by atoms with E-state index in [1.165, 1.54) is 4.90 Å². The fourth-order valence-electron chi connectivity index (χ4n) is 3.64. The maximum Gasteiger partial charge on any atom is 0.273 e. The minimum atomic E-state index is -1.07. The summed E-state index contributed by atoms with van der Waals surface area (Å²) in [5, 5.41) is 2.99. The lowest BCUT2D eigenvalue weighted by Gasteiger charge is -2.34. The molecule has 0 aliphatic heterocycles. The molecule has 0 aliphatic carbocycles. The number of aromatic nitrogens is 1. The largest absolute Gasteiger partial charge is 0.497 e. The van der Waals surface area contributed by atoms with Gasteiger partial charge in [0.25, 0.3) is 11.8 Å². The minimum Gasteiger partial charge on any atom is -0.497 e. The number of hydrogen-bond acceptors (Lipinski definition) is 7. The average Bonchev–Trinajstić information content (AvgIpc) is 3.19. The number of methoxy groups -OCH3 is 1. The zero-order valence-electron chi connectivity index (χ0n) is 21.2. The van der Waals surface area contributed by atoms with Crippen LogP contribution in [0.2, 0.25) is 0 Å². The molecule has 5 N–H and O–H groups in total. The first-order valence-electron chi connectivity index (χ1n) is 11.3. The van der Waals surface area contributed by atoms with Gasteiger partial charge in [-0.2, -0.15) is 4.37 Å². The second kappa shape index (κ2) is 10.4. The highest BCUT2D eigenvalue weighted by atomic mass is 32.1. The van der Waals surface area contributed by atoms with Gasteiger partial charge in [0.2, 0.25) is 5.91 Å². The molecule has 1 aromatic heterocycles. The van der Waals surface area contributed by atoms with Gasteiger partial charge in [0.05, 0.1) is 12.8 Å². The highest BCUT2D eigenvalue weighted by Crippen LogP contribution is 2.34. The Bertz CT molecular complexity index is 1290. The second-order valence-corrected chi connectivity index (χ2v) is 10.3. The number of hydrogen-bond donors (Lipinski definition) is 3. The summed E-state index contributed by atoms with van der Waals surface area (Å²) in [5.74, 6) is -1.20. The number of nitrogens with zero attached hydrogens (tertiary/aromatic N) is 2. The first-order chi connectivity index (χ1) is 16.8. The predicted molar refractivity (Wildman–Crippen MR) is 141 cm³/mol. The van der Waals surface area contributed by atoms with Gasteiger partial charge >= 0.3 is 0 Å². The van der Waals surface area contributed by atoms with Crippen molar-refractivity contribution in [1.29, 1.82) is 0 Å². The summed E-state index contributed by atoms with van der Waals surface area (Å²) in [6.07, 6.45) is 0. The summed E-state index contributed by atoms with van der Waals surface area (Å²) in [4.78, 5) is 41.0. The summed E-state index contributed by atoms with van der Waals surface area (Å²) in [5.41, 5.74) is 13.6. The summed E-state index contributed by atoms with van der Waals surface area (Å²) in [6, 6.07) is 11.3. The number of carbonyl (C=O) groups excluding carboxylic acids is 3. The summed E-state index contributed by atoms with van der Waals surface area (Å²) < 4.78 is 9.25. The highest BCUT2D eigenvalue weighted by Gasteiger charge is 2.37. The molecule has 3 amide bonds. The normalized spacial score (nSPS) is 12.1. The van der Waals surface area contributed by atoms with Gasteiger partial charge in [0.15, 0.2) is 5.69 Å². The van der Waals surface area contributed by atoms with Crippen LogP contribution in [0.5, 0.6) is 5.75 Å². The van der Waals surface area contributed by atoms with Crippen LogP contribution in [-0.2, 0) is 4.79 Å². The quantitative estimate of drug-likeness (QED) is 0.443. The first kappa shape index (κ1) is 26.7. The number of primary amides is 1. The zero-order chi connectivity index (χ0) is 26.8. The number of aryl methyl sites for hydroxylation is 2.